The molecule has 102 valence electrons. The van der Waals surface area contributed by atoms with Gasteiger partial charge in [-0.05, 0) is 31.2 Å². The summed E-state index contributed by atoms with van der Waals surface area (Å²) in [5.41, 5.74) is 2.49. The van der Waals surface area contributed by atoms with Crippen LogP contribution in [0.5, 0.6) is 0 Å². The van der Waals surface area contributed by atoms with E-state index in [9.17, 15) is 0 Å². The lowest BCUT2D eigenvalue weighted by atomic mass is 10.3. The van der Waals surface area contributed by atoms with Crippen LogP contribution in [0, 0.1) is 0 Å². The Labute approximate surface area is 131 Å². The van der Waals surface area contributed by atoms with Crippen molar-refractivity contribution in [3.8, 4) is 5.69 Å². The van der Waals surface area contributed by atoms with Crippen molar-refractivity contribution in [1.82, 2.24) is 14.5 Å². The maximum Gasteiger partial charge on any atom is 0.132 e. The van der Waals surface area contributed by atoms with E-state index in [2.05, 4.69) is 9.97 Å². The molecule has 0 spiro atoms. The fourth-order valence-corrected chi connectivity index (χ4v) is 2.77. The first-order valence-electron chi connectivity index (χ1n) is 6.00. The molecule has 0 aliphatic carbocycles. The van der Waals surface area contributed by atoms with E-state index >= 15 is 0 Å². The molecule has 0 fully saturated rings. The summed E-state index contributed by atoms with van der Waals surface area (Å²) in [7, 11) is 0. The Bertz CT molecular complexity index is 780. The molecule has 0 amide bonds. The second-order valence-corrected chi connectivity index (χ2v) is 5.88. The minimum absolute atomic E-state index is 0.255. The van der Waals surface area contributed by atoms with Crippen LogP contribution < -0.4 is 0 Å². The molecule has 20 heavy (non-hydrogen) atoms. The molecule has 1 unspecified atom stereocenters. The molecule has 0 aliphatic rings. The van der Waals surface area contributed by atoms with Crippen LogP contribution in [0.25, 0.3) is 16.7 Å². The summed E-state index contributed by atoms with van der Waals surface area (Å²) >= 11 is 18.5. The third kappa shape index (κ3) is 2.26. The molecule has 1 atom stereocenters. The summed E-state index contributed by atoms with van der Waals surface area (Å²) in [6.45, 7) is 1.87. The standard InChI is InChI=1S/C14H10Cl3N3/c1-8(15)14-19-11-7-18-5-4-13(11)20(14)12-3-2-9(16)6-10(12)17/h2-8H,1H3. The molecule has 0 radical (unpaired) electrons. The minimum atomic E-state index is -0.255. The zero-order chi connectivity index (χ0) is 14.3. The molecule has 3 aromatic rings. The van der Waals surface area contributed by atoms with Crippen molar-refractivity contribution in [2.75, 3.05) is 0 Å². The van der Waals surface area contributed by atoms with E-state index in [0.717, 1.165) is 22.5 Å². The number of hydrogen-bond acceptors (Lipinski definition) is 2. The Morgan fingerprint density at radius 1 is 1.20 bits per heavy atom. The molecule has 1 aromatic carbocycles. The predicted octanol–water partition coefficient (Wildman–Crippen LogP) is 5.03. The number of rotatable bonds is 2. The van der Waals surface area contributed by atoms with Crippen molar-refractivity contribution in [2.45, 2.75) is 12.3 Å². The Balaban J connectivity index is 2.36. The number of halogens is 3. The maximum absolute atomic E-state index is 6.31. The number of nitrogens with zero attached hydrogens (tertiary/aromatic N) is 3. The number of alkyl halides is 1. The molecule has 2 aromatic heterocycles. The van der Waals surface area contributed by atoms with Gasteiger partial charge in [-0.2, -0.15) is 0 Å². The topological polar surface area (TPSA) is 30.7 Å². The Morgan fingerprint density at radius 3 is 2.70 bits per heavy atom. The summed E-state index contributed by atoms with van der Waals surface area (Å²) in [6, 6.07) is 7.23. The molecule has 0 saturated carbocycles. The number of benzene rings is 1. The molecule has 0 bridgehead atoms. The van der Waals surface area contributed by atoms with E-state index in [4.69, 9.17) is 34.8 Å². The van der Waals surface area contributed by atoms with Gasteiger partial charge in [-0.25, -0.2) is 4.98 Å². The van der Waals surface area contributed by atoms with Gasteiger partial charge in [0.25, 0.3) is 0 Å². The van der Waals surface area contributed by atoms with E-state index in [0.29, 0.717) is 10.0 Å². The predicted molar refractivity (Wildman–Crippen MR) is 83.2 cm³/mol. The lowest BCUT2D eigenvalue weighted by molar-refractivity contribution is 0.883. The minimum Gasteiger partial charge on any atom is -0.293 e. The van der Waals surface area contributed by atoms with Crippen LogP contribution in [0.2, 0.25) is 10.0 Å². The van der Waals surface area contributed by atoms with Crippen LogP contribution in [-0.4, -0.2) is 14.5 Å². The van der Waals surface area contributed by atoms with Gasteiger partial charge in [-0.3, -0.25) is 9.55 Å². The second kappa shape index (κ2) is 5.24. The lowest BCUT2D eigenvalue weighted by Gasteiger charge is -2.12. The van der Waals surface area contributed by atoms with Gasteiger partial charge in [-0.15, -0.1) is 11.6 Å². The monoisotopic (exact) mass is 325 g/mol. The van der Waals surface area contributed by atoms with Gasteiger partial charge in [0, 0.05) is 11.2 Å². The van der Waals surface area contributed by atoms with Crippen molar-refractivity contribution < 1.29 is 0 Å². The van der Waals surface area contributed by atoms with E-state index in [-0.39, 0.29) is 5.38 Å². The highest BCUT2D eigenvalue weighted by molar-refractivity contribution is 6.35. The molecule has 2 heterocycles. The molecule has 0 saturated heterocycles. The first-order chi connectivity index (χ1) is 9.58. The molecule has 6 heteroatoms. The third-order valence-electron chi connectivity index (χ3n) is 2.99. The molecule has 3 rings (SSSR count). The van der Waals surface area contributed by atoms with Gasteiger partial charge in [0.2, 0.25) is 0 Å². The van der Waals surface area contributed by atoms with Crippen LogP contribution in [-0.2, 0) is 0 Å². The average molecular weight is 327 g/mol. The summed E-state index contributed by atoms with van der Waals surface area (Å²) in [5.74, 6) is 0.721. The van der Waals surface area contributed by atoms with Crippen LogP contribution >= 0.6 is 34.8 Å². The van der Waals surface area contributed by atoms with E-state index < -0.39 is 0 Å². The Morgan fingerprint density at radius 2 is 2.00 bits per heavy atom. The van der Waals surface area contributed by atoms with Crippen molar-refractivity contribution >= 4 is 45.8 Å². The molecule has 3 nitrogen and oxygen atoms in total. The Hall–Kier alpha value is -1.29. The fourth-order valence-electron chi connectivity index (χ4n) is 2.13. The maximum atomic E-state index is 6.31. The van der Waals surface area contributed by atoms with Gasteiger partial charge in [-0.1, -0.05) is 23.2 Å². The van der Waals surface area contributed by atoms with E-state index in [1.165, 1.54) is 0 Å². The van der Waals surface area contributed by atoms with Gasteiger partial charge in [0.15, 0.2) is 0 Å². The number of pyridine rings is 1. The number of hydrogen-bond donors (Lipinski definition) is 0. The van der Waals surface area contributed by atoms with E-state index in [1.54, 1.807) is 24.5 Å². The smallest absolute Gasteiger partial charge is 0.132 e. The average Bonchev–Trinajstić information content (AvgIpc) is 2.78. The molecular formula is C14H10Cl3N3. The highest BCUT2D eigenvalue weighted by Gasteiger charge is 2.18. The number of aromatic nitrogens is 3. The van der Waals surface area contributed by atoms with Gasteiger partial charge in [0.05, 0.1) is 27.8 Å². The fraction of sp³-hybridized carbons (Fsp3) is 0.143. The second-order valence-electron chi connectivity index (χ2n) is 4.38. The van der Waals surface area contributed by atoms with Crippen molar-refractivity contribution in [1.29, 1.82) is 0 Å². The SMILES string of the molecule is CC(Cl)c1nc2cnccc2n1-c1ccc(Cl)cc1Cl. The lowest BCUT2D eigenvalue weighted by Crippen LogP contribution is -2.02. The van der Waals surface area contributed by atoms with Crippen LogP contribution in [0.3, 0.4) is 0 Å². The molecular weight excluding hydrogens is 317 g/mol. The highest BCUT2D eigenvalue weighted by Crippen LogP contribution is 2.32. The van der Waals surface area contributed by atoms with Crippen LogP contribution in [0.4, 0.5) is 0 Å². The van der Waals surface area contributed by atoms with Crippen LogP contribution in [0.1, 0.15) is 18.1 Å². The molecule has 0 aliphatic heterocycles. The number of imidazole rings is 1. The normalized spacial score (nSPS) is 12.8. The summed E-state index contributed by atoms with van der Waals surface area (Å²) in [5, 5.41) is 0.881. The first-order valence-corrected chi connectivity index (χ1v) is 7.19. The molecule has 0 N–H and O–H groups in total. The van der Waals surface area contributed by atoms with Gasteiger partial charge >= 0.3 is 0 Å². The van der Waals surface area contributed by atoms with Gasteiger partial charge in [0.1, 0.15) is 11.3 Å². The van der Waals surface area contributed by atoms with Gasteiger partial charge < -0.3 is 0 Å². The first kappa shape index (κ1) is 13.7. The highest BCUT2D eigenvalue weighted by atomic mass is 35.5. The van der Waals surface area contributed by atoms with Crippen molar-refractivity contribution in [3.05, 3.63) is 52.5 Å². The van der Waals surface area contributed by atoms with Crippen LogP contribution in [0.15, 0.2) is 36.7 Å². The van der Waals surface area contributed by atoms with Crippen molar-refractivity contribution in [2.24, 2.45) is 0 Å². The largest absolute Gasteiger partial charge is 0.293 e. The zero-order valence-corrected chi connectivity index (χ0v) is 12.8. The van der Waals surface area contributed by atoms with E-state index in [1.807, 2.05) is 23.6 Å². The summed E-state index contributed by atoms with van der Waals surface area (Å²) in [4.78, 5) is 8.61. The quantitative estimate of drug-likeness (QED) is 0.619. The van der Waals surface area contributed by atoms with Crippen molar-refractivity contribution in [3.63, 3.8) is 0 Å². The summed E-state index contributed by atoms with van der Waals surface area (Å²) < 4.78 is 1.94. The number of fused-ring (bicyclic) bond motifs is 1. The zero-order valence-electron chi connectivity index (χ0n) is 10.5. The summed E-state index contributed by atoms with van der Waals surface area (Å²) in [6.07, 6.45) is 3.42. The Kier molecular flexibility index (Phi) is 3.59. The third-order valence-corrected chi connectivity index (χ3v) is 3.72.